The Bertz CT molecular complexity index is 1390. The number of aromatic nitrogens is 1. The third kappa shape index (κ3) is 3.58. The molecule has 29 heavy (non-hydrogen) atoms. The van der Waals surface area contributed by atoms with E-state index in [4.69, 9.17) is 16.0 Å². The summed E-state index contributed by atoms with van der Waals surface area (Å²) < 4.78 is 6.09. The molecule has 0 aliphatic heterocycles. The summed E-state index contributed by atoms with van der Waals surface area (Å²) in [5.74, 6) is 1.40. The molecule has 0 unspecified atom stereocenters. The fourth-order valence-corrected chi connectivity index (χ4v) is 3.40. The maximum atomic E-state index is 6.21. The summed E-state index contributed by atoms with van der Waals surface area (Å²) in [6.45, 7) is 0. The summed E-state index contributed by atoms with van der Waals surface area (Å²) >= 11 is 6.21. The first-order chi connectivity index (χ1) is 14.3. The van der Waals surface area contributed by atoms with E-state index >= 15 is 0 Å². The zero-order valence-electron chi connectivity index (χ0n) is 15.3. The predicted molar refractivity (Wildman–Crippen MR) is 118 cm³/mol. The molecule has 0 saturated carbocycles. The average Bonchev–Trinajstić information content (AvgIpc) is 2.78. The van der Waals surface area contributed by atoms with Gasteiger partial charge in [-0.15, -0.1) is 0 Å². The van der Waals surface area contributed by atoms with Gasteiger partial charge in [0.2, 0.25) is 0 Å². The second-order valence-corrected chi connectivity index (χ2v) is 7.05. The van der Waals surface area contributed by atoms with E-state index in [2.05, 4.69) is 15.5 Å². The van der Waals surface area contributed by atoms with Crippen LogP contribution in [0.1, 0.15) is 0 Å². The van der Waals surface area contributed by atoms with Gasteiger partial charge in [-0.3, -0.25) is 5.43 Å². The molecule has 5 heteroatoms. The molecule has 0 radical (unpaired) electrons. The van der Waals surface area contributed by atoms with Crippen molar-refractivity contribution in [1.82, 2.24) is 4.98 Å². The third-order valence-corrected chi connectivity index (χ3v) is 4.89. The minimum atomic E-state index is 0.625. The van der Waals surface area contributed by atoms with Crippen molar-refractivity contribution in [2.24, 2.45) is 5.10 Å². The van der Waals surface area contributed by atoms with Gasteiger partial charge in [-0.05, 0) is 36.4 Å². The van der Waals surface area contributed by atoms with Crippen molar-refractivity contribution in [3.05, 3.63) is 101 Å². The van der Waals surface area contributed by atoms with Crippen molar-refractivity contribution >= 4 is 39.3 Å². The molecule has 1 N–H and O–H groups in total. The average molecular weight is 398 g/mol. The SMILES string of the molecule is Clc1ccc2oc(-c3ccccc3)cc(=NNc3ccc4ccccc4n3)c2c1. The minimum Gasteiger partial charge on any atom is -0.456 e. The monoisotopic (exact) mass is 397 g/mol. The summed E-state index contributed by atoms with van der Waals surface area (Å²) in [6.07, 6.45) is 0. The van der Waals surface area contributed by atoms with E-state index in [1.165, 1.54) is 0 Å². The van der Waals surface area contributed by atoms with Crippen molar-refractivity contribution in [2.75, 3.05) is 5.43 Å². The number of benzene rings is 3. The van der Waals surface area contributed by atoms with E-state index in [0.29, 0.717) is 16.4 Å². The number of pyridine rings is 1. The molecule has 0 aliphatic carbocycles. The van der Waals surface area contributed by atoms with Crippen LogP contribution in [0.15, 0.2) is 101 Å². The lowest BCUT2D eigenvalue weighted by Crippen LogP contribution is -2.08. The van der Waals surface area contributed by atoms with Gasteiger partial charge in [-0.2, -0.15) is 5.10 Å². The standard InChI is InChI=1S/C24H16ClN3O/c25-18-11-12-22-19(14-18)21(15-23(29-22)17-7-2-1-3-8-17)27-28-24-13-10-16-6-4-5-9-20(16)26-24/h1-15H,(H,26,28). The number of para-hydroxylation sites is 1. The molecule has 4 nitrogen and oxygen atoms in total. The van der Waals surface area contributed by atoms with Gasteiger partial charge in [0.25, 0.3) is 0 Å². The number of fused-ring (bicyclic) bond motifs is 2. The number of anilines is 1. The van der Waals surface area contributed by atoms with E-state index in [-0.39, 0.29) is 0 Å². The van der Waals surface area contributed by atoms with E-state index in [0.717, 1.165) is 33.0 Å². The molecule has 0 atom stereocenters. The Morgan fingerprint density at radius 1 is 0.828 bits per heavy atom. The molecule has 2 aromatic heterocycles. The van der Waals surface area contributed by atoms with Crippen LogP contribution < -0.4 is 10.8 Å². The summed E-state index contributed by atoms with van der Waals surface area (Å²) in [6, 6.07) is 29.3. The second kappa shape index (κ2) is 7.41. The number of nitrogens with zero attached hydrogens (tertiary/aromatic N) is 2. The zero-order valence-corrected chi connectivity index (χ0v) is 16.1. The molecule has 2 heterocycles. The topological polar surface area (TPSA) is 50.4 Å². The summed E-state index contributed by atoms with van der Waals surface area (Å²) in [5, 5.41) is 7.87. The van der Waals surface area contributed by atoms with Crippen LogP contribution in [0.5, 0.6) is 0 Å². The molecule has 5 rings (SSSR count). The zero-order chi connectivity index (χ0) is 19.6. The van der Waals surface area contributed by atoms with E-state index < -0.39 is 0 Å². The molecule has 5 aromatic rings. The molecular formula is C24H16ClN3O. The lowest BCUT2D eigenvalue weighted by molar-refractivity contribution is 0.618. The molecule has 0 amide bonds. The van der Waals surface area contributed by atoms with Crippen LogP contribution in [0.4, 0.5) is 5.82 Å². The predicted octanol–water partition coefficient (Wildman–Crippen LogP) is 6.23. The van der Waals surface area contributed by atoms with Crippen LogP contribution in [-0.4, -0.2) is 4.98 Å². The van der Waals surface area contributed by atoms with Gasteiger partial charge in [0.15, 0.2) is 0 Å². The van der Waals surface area contributed by atoms with Gasteiger partial charge < -0.3 is 4.42 Å². The smallest absolute Gasteiger partial charge is 0.146 e. The maximum absolute atomic E-state index is 6.21. The Balaban J connectivity index is 1.64. The Kier molecular flexibility index (Phi) is 4.47. The van der Waals surface area contributed by atoms with Crippen molar-refractivity contribution in [3.8, 4) is 11.3 Å². The quantitative estimate of drug-likeness (QED) is 0.367. The Morgan fingerprint density at radius 2 is 1.66 bits per heavy atom. The maximum Gasteiger partial charge on any atom is 0.146 e. The highest BCUT2D eigenvalue weighted by Crippen LogP contribution is 2.24. The molecule has 0 aliphatic rings. The van der Waals surface area contributed by atoms with Crippen molar-refractivity contribution in [3.63, 3.8) is 0 Å². The first-order valence-corrected chi connectivity index (χ1v) is 9.58. The van der Waals surface area contributed by atoms with Gasteiger partial charge in [-0.25, -0.2) is 4.98 Å². The molecular weight excluding hydrogens is 382 g/mol. The Hall–Kier alpha value is -3.63. The van der Waals surface area contributed by atoms with Crippen LogP contribution in [0.2, 0.25) is 5.02 Å². The first kappa shape index (κ1) is 17.5. The molecule has 0 bridgehead atoms. The van der Waals surface area contributed by atoms with Crippen molar-refractivity contribution < 1.29 is 4.42 Å². The highest BCUT2D eigenvalue weighted by atomic mass is 35.5. The molecule has 0 fully saturated rings. The fourth-order valence-electron chi connectivity index (χ4n) is 3.22. The number of nitrogens with one attached hydrogen (secondary N) is 1. The summed E-state index contributed by atoms with van der Waals surface area (Å²) in [7, 11) is 0. The molecule has 0 saturated heterocycles. The van der Waals surface area contributed by atoms with E-state index in [1.807, 2.05) is 91.0 Å². The normalized spacial score (nSPS) is 11.8. The first-order valence-electron chi connectivity index (χ1n) is 9.21. The lowest BCUT2D eigenvalue weighted by atomic mass is 10.1. The molecule has 3 aromatic carbocycles. The third-order valence-electron chi connectivity index (χ3n) is 4.65. The highest BCUT2D eigenvalue weighted by molar-refractivity contribution is 6.31. The van der Waals surface area contributed by atoms with Gasteiger partial charge in [0, 0.05) is 27.4 Å². The number of halogens is 1. The van der Waals surface area contributed by atoms with E-state index in [9.17, 15) is 0 Å². The molecule has 0 spiro atoms. The summed E-state index contributed by atoms with van der Waals surface area (Å²) in [5.41, 5.74) is 5.67. The summed E-state index contributed by atoms with van der Waals surface area (Å²) in [4.78, 5) is 4.61. The highest BCUT2D eigenvalue weighted by Gasteiger charge is 2.07. The number of hydrogen-bond acceptors (Lipinski definition) is 4. The second-order valence-electron chi connectivity index (χ2n) is 6.62. The number of hydrogen-bond donors (Lipinski definition) is 1. The van der Waals surface area contributed by atoms with Crippen LogP contribution >= 0.6 is 11.6 Å². The van der Waals surface area contributed by atoms with Crippen LogP contribution in [-0.2, 0) is 0 Å². The minimum absolute atomic E-state index is 0.625. The Labute approximate surface area is 172 Å². The van der Waals surface area contributed by atoms with Gasteiger partial charge in [0.1, 0.15) is 17.2 Å². The van der Waals surface area contributed by atoms with Crippen LogP contribution in [0.25, 0.3) is 33.2 Å². The largest absolute Gasteiger partial charge is 0.456 e. The van der Waals surface area contributed by atoms with Gasteiger partial charge in [0.05, 0.1) is 10.9 Å². The molecule has 140 valence electrons. The van der Waals surface area contributed by atoms with Gasteiger partial charge in [-0.1, -0.05) is 60.1 Å². The van der Waals surface area contributed by atoms with Crippen LogP contribution in [0.3, 0.4) is 0 Å². The van der Waals surface area contributed by atoms with Gasteiger partial charge >= 0.3 is 0 Å². The lowest BCUT2D eigenvalue weighted by Gasteiger charge is -2.06. The van der Waals surface area contributed by atoms with Crippen LogP contribution in [0, 0.1) is 0 Å². The van der Waals surface area contributed by atoms with E-state index in [1.54, 1.807) is 0 Å². The fraction of sp³-hybridized carbons (Fsp3) is 0. The number of rotatable bonds is 3. The Morgan fingerprint density at radius 3 is 2.55 bits per heavy atom. The van der Waals surface area contributed by atoms with Crippen molar-refractivity contribution in [1.29, 1.82) is 0 Å². The van der Waals surface area contributed by atoms with Crippen molar-refractivity contribution in [2.45, 2.75) is 0 Å².